The molecule has 30 heavy (non-hydrogen) atoms. The number of pyridine rings is 1. The summed E-state index contributed by atoms with van der Waals surface area (Å²) in [6.07, 6.45) is 2.12. The average molecular weight is 414 g/mol. The monoisotopic (exact) mass is 413 g/mol. The van der Waals surface area contributed by atoms with Gasteiger partial charge >= 0.3 is 0 Å². The second-order valence-electron chi connectivity index (χ2n) is 7.04. The minimum absolute atomic E-state index is 0.232. The average Bonchev–Trinajstić information content (AvgIpc) is 2.78. The van der Waals surface area contributed by atoms with Crippen molar-refractivity contribution >= 4 is 17.5 Å². The van der Waals surface area contributed by atoms with E-state index in [1.165, 1.54) is 0 Å². The normalized spacial score (nSPS) is 16.9. The van der Waals surface area contributed by atoms with Gasteiger partial charge in [-0.3, -0.25) is 0 Å². The lowest BCUT2D eigenvalue weighted by molar-refractivity contribution is 0.0529. The Labute approximate surface area is 178 Å². The second-order valence-corrected chi connectivity index (χ2v) is 7.04. The van der Waals surface area contributed by atoms with E-state index in [9.17, 15) is 0 Å². The van der Waals surface area contributed by atoms with Gasteiger partial charge < -0.3 is 29.7 Å². The van der Waals surface area contributed by atoms with Crippen molar-refractivity contribution in [1.82, 2.24) is 10.3 Å². The molecule has 1 saturated heterocycles. The Balaban J connectivity index is 1.65. The number of anilines is 2. The summed E-state index contributed by atoms with van der Waals surface area (Å²) in [6, 6.07) is 9.79. The van der Waals surface area contributed by atoms with E-state index in [0.29, 0.717) is 24.0 Å². The van der Waals surface area contributed by atoms with Crippen LogP contribution < -0.4 is 25.0 Å². The van der Waals surface area contributed by atoms with Gasteiger partial charge in [0.15, 0.2) is 17.5 Å². The van der Waals surface area contributed by atoms with Gasteiger partial charge in [-0.1, -0.05) is 6.07 Å². The molecule has 8 heteroatoms. The Morgan fingerprint density at radius 2 is 2.07 bits per heavy atom. The highest BCUT2D eigenvalue weighted by molar-refractivity contribution is 5.93. The van der Waals surface area contributed by atoms with Crippen molar-refractivity contribution < 1.29 is 14.2 Å². The summed E-state index contributed by atoms with van der Waals surface area (Å²) in [6.45, 7) is 7.87. The lowest BCUT2D eigenvalue weighted by atomic mass is 10.2. The van der Waals surface area contributed by atoms with Crippen LogP contribution in [-0.2, 0) is 11.3 Å². The zero-order chi connectivity index (χ0) is 21.3. The van der Waals surface area contributed by atoms with Crippen LogP contribution in [0.1, 0.15) is 19.4 Å². The van der Waals surface area contributed by atoms with Crippen LogP contribution in [0, 0.1) is 0 Å². The molecule has 0 aliphatic carbocycles. The standard InChI is InChI=1S/C22H31N5O3/c1-5-23-22(26-18-7-8-19(28-3)20(12-18)29-4)25-14-17-6-9-21(24-13-17)27-10-11-30-16(2)15-27/h6-9,12-13,16H,5,10-11,14-15H2,1-4H3,(H2,23,25,26). The van der Waals surface area contributed by atoms with Crippen LogP contribution in [-0.4, -0.2) is 57.5 Å². The Bertz CT molecular complexity index is 841. The van der Waals surface area contributed by atoms with Crippen LogP contribution in [0.15, 0.2) is 41.5 Å². The third kappa shape index (κ3) is 5.76. The lowest BCUT2D eigenvalue weighted by Crippen LogP contribution is -2.41. The molecule has 0 saturated carbocycles. The molecule has 1 aliphatic heterocycles. The van der Waals surface area contributed by atoms with Gasteiger partial charge in [0.25, 0.3) is 0 Å². The summed E-state index contributed by atoms with van der Waals surface area (Å²) in [5.74, 6) is 3.02. The largest absolute Gasteiger partial charge is 0.493 e. The van der Waals surface area contributed by atoms with Gasteiger partial charge in [0.05, 0.1) is 33.5 Å². The molecule has 3 rings (SSSR count). The van der Waals surface area contributed by atoms with E-state index in [1.54, 1.807) is 14.2 Å². The topological polar surface area (TPSA) is 80.2 Å². The number of nitrogens with one attached hydrogen (secondary N) is 2. The molecule has 0 radical (unpaired) electrons. The summed E-state index contributed by atoms with van der Waals surface area (Å²) >= 11 is 0. The number of methoxy groups -OCH3 is 2. The fourth-order valence-electron chi connectivity index (χ4n) is 3.25. The van der Waals surface area contributed by atoms with Gasteiger partial charge in [0, 0.05) is 37.6 Å². The van der Waals surface area contributed by atoms with Crippen molar-refractivity contribution in [3.63, 3.8) is 0 Å². The molecular formula is C22H31N5O3. The minimum Gasteiger partial charge on any atom is -0.493 e. The van der Waals surface area contributed by atoms with Gasteiger partial charge in [-0.25, -0.2) is 9.98 Å². The van der Waals surface area contributed by atoms with Crippen molar-refractivity contribution in [2.75, 3.05) is 50.7 Å². The third-order valence-electron chi connectivity index (χ3n) is 4.78. The number of aromatic nitrogens is 1. The first-order chi connectivity index (χ1) is 14.6. The van der Waals surface area contributed by atoms with Crippen LogP contribution in [0.2, 0.25) is 0 Å². The Morgan fingerprint density at radius 1 is 1.23 bits per heavy atom. The molecule has 2 heterocycles. The molecule has 1 atom stereocenters. The molecule has 0 bridgehead atoms. The van der Waals surface area contributed by atoms with Crippen LogP contribution in [0.5, 0.6) is 11.5 Å². The van der Waals surface area contributed by atoms with E-state index in [4.69, 9.17) is 14.2 Å². The van der Waals surface area contributed by atoms with E-state index in [2.05, 4.69) is 44.6 Å². The summed E-state index contributed by atoms with van der Waals surface area (Å²) in [7, 11) is 3.24. The highest BCUT2D eigenvalue weighted by Gasteiger charge is 2.17. The van der Waals surface area contributed by atoms with Crippen LogP contribution in [0.4, 0.5) is 11.5 Å². The Morgan fingerprint density at radius 3 is 2.73 bits per heavy atom. The van der Waals surface area contributed by atoms with Crippen molar-refractivity contribution in [2.24, 2.45) is 4.99 Å². The fraction of sp³-hybridized carbons (Fsp3) is 0.455. The van der Waals surface area contributed by atoms with Crippen LogP contribution >= 0.6 is 0 Å². The molecule has 1 unspecified atom stereocenters. The summed E-state index contributed by atoms with van der Waals surface area (Å²) in [4.78, 5) is 11.6. The fourth-order valence-corrected chi connectivity index (χ4v) is 3.25. The maximum Gasteiger partial charge on any atom is 0.196 e. The number of morpholine rings is 1. The number of rotatable bonds is 7. The highest BCUT2D eigenvalue weighted by Crippen LogP contribution is 2.29. The van der Waals surface area contributed by atoms with E-state index in [0.717, 1.165) is 43.3 Å². The molecule has 0 amide bonds. The first-order valence-electron chi connectivity index (χ1n) is 10.2. The van der Waals surface area contributed by atoms with Gasteiger partial charge in [-0.05, 0) is 37.6 Å². The lowest BCUT2D eigenvalue weighted by Gasteiger charge is -2.32. The molecule has 0 spiro atoms. The molecule has 8 nitrogen and oxygen atoms in total. The summed E-state index contributed by atoms with van der Waals surface area (Å²) in [5, 5.41) is 6.56. The molecule has 1 aromatic heterocycles. The summed E-state index contributed by atoms with van der Waals surface area (Å²) in [5.41, 5.74) is 1.91. The van der Waals surface area contributed by atoms with E-state index in [-0.39, 0.29) is 6.10 Å². The van der Waals surface area contributed by atoms with Gasteiger partial charge in [0.2, 0.25) is 0 Å². The van der Waals surface area contributed by atoms with Crippen LogP contribution in [0.3, 0.4) is 0 Å². The first kappa shape index (κ1) is 21.7. The molecule has 1 aliphatic rings. The maximum atomic E-state index is 5.60. The van der Waals surface area contributed by atoms with Crippen molar-refractivity contribution in [1.29, 1.82) is 0 Å². The van der Waals surface area contributed by atoms with Crippen molar-refractivity contribution in [3.8, 4) is 11.5 Å². The molecule has 2 aromatic rings. The van der Waals surface area contributed by atoms with E-state index < -0.39 is 0 Å². The zero-order valence-electron chi connectivity index (χ0n) is 18.1. The smallest absolute Gasteiger partial charge is 0.196 e. The third-order valence-corrected chi connectivity index (χ3v) is 4.78. The SMILES string of the molecule is CCNC(=NCc1ccc(N2CCOC(C)C2)nc1)Nc1ccc(OC)c(OC)c1. The minimum atomic E-state index is 0.232. The molecule has 1 fully saturated rings. The van der Waals surface area contributed by atoms with Gasteiger partial charge in [-0.15, -0.1) is 0 Å². The highest BCUT2D eigenvalue weighted by atomic mass is 16.5. The number of nitrogens with zero attached hydrogens (tertiary/aromatic N) is 3. The van der Waals surface area contributed by atoms with E-state index in [1.807, 2.05) is 31.3 Å². The first-order valence-corrected chi connectivity index (χ1v) is 10.2. The molecule has 162 valence electrons. The number of hydrogen-bond acceptors (Lipinski definition) is 6. The summed E-state index contributed by atoms with van der Waals surface area (Å²) < 4.78 is 16.3. The quantitative estimate of drug-likeness (QED) is 0.534. The molecular weight excluding hydrogens is 382 g/mol. The number of aliphatic imine (C=N–C) groups is 1. The maximum absolute atomic E-state index is 5.60. The van der Waals surface area contributed by atoms with Gasteiger partial charge in [0.1, 0.15) is 5.82 Å². The zero-order valence-corrected chi connectivity index (χ0v) is 18.1. The van der Waals surface area contributed by atoms with Crippen molar-refractivity contribution in [3.05, 3.63) is 42.1 Å². The number of hydrogen-bond donors (Lipinski definition) is 2. The Kier molecular flexibility index (Phi) is 7.73. The van der Waals surface area contributed by atoms with Gasteiger partial charge in [-0.2, -0.15) is 0 Å². The van der Waals surface area contributed by atoms with E-state index >= 15 is 0 Å². The number of ether oxygens (including phenoxy) is 3. The Hall–Kier alpha value is -3.00. The predicted octanol–water partition coefficient (Wildman–Crippen LogP) is 2.90. The van der Waals surface area contributed by atoms with Crippen LogP contribution in [0.25, 0.3) is 0 Å². The number of benzene rings is 1. The molecule has 1 aromatic carbocycles. The predicted molar refractivity (Wildman–Crippen MR) is 120 cm³/mol. The second kappa shape index (κ2) is 10.7. The number of guanidine groups is 1. The van der Waals surface area contributed by atoms with Crippen molar-refractivity contribution in [2.45, 2.75) is 26.5 Å². The molecule has 2 N–H and O–H groups in total.